The molecule has 4 aromatic carbocycles. The van der Waals surface area contributed by atoms with Crippen LogP contribution < -0.4 is 34.9 Å². The molecule has 17 heteroatoms. The summed E-state index contributed by atoms with van der Waals surface area (Å²) in [6.07, 6.45) is 13.4. The fourth-order valence-corrected chi connectivity index (χ4v) is 6.75. The van der Waals surface area contributed by atoms with Gasteiger partial charge in [-0.05, 0) is 81.7 Å². The predicted octanol–water partition coefficient (Wildman–Crippen LogP) is 9.34. The number of carbonyl (C=O) groups excluding carboxylic acids is 1. The SMILES string of the molecule is C#Cc1cccc(Nc2ncnc3cc(OCCOC)c(OCCOC)cc23)c1.CCOc1cc2ncc(C#N)c(Nc3ccc(OCc4ccccn4)c(Cl)c3)c2cc1NC(=O)/C=C/CN(C)C. The maximum atomic E-state index is 12.6. The number of ether oxygens (including phenoxy) is 6. The number of anilines is 5. The van der Waals surface area contributed by atoms with E-state index in [0.717, 1.165) is 27.8 Å². The van der Waals surface area contributed by atoms with Gasteiger partial charge >= 0.3 is 0 Å². The maximum Gasteiger partial charge on any atom is 0.248 e. The fraction of sp³-hybridized carbons (Fsp3) is 0.231. The quantitative estimate of drug-likeness (QED) is 0.0351. The molecule has 0 bridgehead atoms. The van der Waals surface area contributed by atoms with Crippen LogP contribution in [-0.4, -0.2) is 98.6 Å². The maximum absolute atomic E-state index is 12.6. The Hall–Kier alpha value is -7.99. The van der Waals surface area contributed by atoms with Crippen LogP contribution in [0.4, 0.5) is 28.6 Å². The molecule has 0 atom stereocenters. The van der Waals surface area contributed by atoms with Gasteiger partial charge in [-0.2, -0.15) is 5.26 Å². The molecule has 69 heavy (non-hydrogen) atoms. The predicted molar refractivity (Wildman–Crippen MR) is 269 cm³/mol. The molecule has 0 saturated heterocycles. The lowest BCUT2D eigenvalue weighted by atomic mass is 10.1. The Morgan fingerprint density at radius 2 is 1.54 bits per heavy atom. The van der Waals surface area contributed by atoms with Gasteiger partial charge in [-0.15, -0.1) is 6.42 Å². The van der Waals surface area contributed by atoms with Gasteiger partial charge in [0.1, 0.15) is 49.5 Å². The Morgan fingerprint density at radius 1 is 0.783 bits per heavy atom. The van der Waals surface area contributed by atoms with Gasteiger partial charge in [-0.1, -0.05) is 35.7 Å². The highest BCUT2D eigenvalue weighted by molar-refractivity contribution is 6.32. The van der Waals surface area contributed by atoms with Crippen molar-refractivity contribution in [2.45, 2.75) is 13.5 Å². The van der Waals surface area contributed by atoms with Crippen LogP contribution in [0.1, 0.15) is 23.7 Å². The van der Waals surface area contributed by atoms with Crippen LogP contribution in [0.25, 0.3) is 21.8 Å². The van der Waals surface area contributed by atoms with Gasteiger partial charge in [0, 0.05) is 79.1 Å². The third kappa shape index (κ3) is 14.5. The summed E-state index contributed by atoms with van der Waals surface area (Å²) in [7, 11) is 7.09. The number of benzene rings is 4. The first-order valence-corrected chi connectivity index (χ1v) is 22.1. The van der Waals surface area contributed by atoms with E-state index >= 15 is 0 Å². The molecule has 3 N–H and O–H groups in total. The molecule has 0 aliphatic heterocycles. The van der Waals surface area contributed by atoms with Gasteiger partial charge in [-0.25, -0.2) is 9.97 Å². The van der Waals surface area contributed by atoms with E-state index in [1.807, 2.05) is 80.5 Å². The number of hydrogen-bond donors (Lipinski definition) is 3. The first-order valence-electron chi connectivity index (χ1n) is 21.7. The molecular weight excluding hydrogens is 898 g/mol. The molecule has 0 aliphatic carbocycles. The van der Waals surface area contributed by atoms with Crippen LogP contribution in [0, 0.1) is 23.7 Å². The average molecular weight is 950 g/mol. The molecule has 1 amide bonds. The Kier molecular flexibility index (Phi) is 18.8. The minimum atomic E-state index is -0.297. The van der Waals surface area contributed by atoms with Crippen LogP contribution >= 0.6 is 11.6 Å². The average Bonchev–Trinajstić information content (AvgIpc) is 3.35. The summed E-state index contributed by atoms with van der Waals surface area (Å²) in [6, 6.07) is 27.8. The number of nitriles is 1. The zero-order chi connectivity index (χ0) is 49.0. The molecule has 0 fully saturated rings. The number of terminal acetylenes is 1. The number of aromatic nitrogens is 4. The Balaban J connectivity index is 0.000000239. The van der Waals surface area contributed by atoms with Crippen molar-refractivity contribution in [3.05, 3.63) is 138 Å². The second-order valence-corrected chi connectivity index (χ2v) is 15.5. The number of likely N-dealkylation sites (N-methyl/N-ethyl adjacent to an activating group) is 1. The van der Waals surface area contributed by atoms with E-state index in [9.17, 15) is 10.1 Å². The molecule has 3 aromatic heterocycles. The summed E-state index contributed by atoms with van der Waals surface area (Å²) >= 11 is 6.52. The molecule has 354 valence electrons. The van der Waals surface area contributed by atoms with Gasteiger partial charge in [0.2, 0.25) is 5.91 Å². The minimum Gasteiger partial charge on any atom is -0.492 e. The van der Waals surface area contributed by atoms with E-state index in [2.05, 4.69) is 47.9 Å². The summed E-state index contributed by atoms with van der Waals surface area (Å²) in [5, 5.41) is 21.1. The standard InChI is InChI=1S/C30H29ClN6O3.C22H23N3O4/c1-4-39-28-16-25-23(15-26(28)36-29(38)9-7-13-37(2)3)30(20(17-32)18-34-25)35-21-10-11-27(24(31)14-21)40-19-22-8-5-6-12-33-22;1-4-16-6-5-7-17(12-16)25-22-18-13-20(28-10-8-26-2)21(29-11-9-27-3)14-19(18)23-15-24-22/h5-12,14-16,18H,4,13,19H2,1-3H3,(H,34,35)(H,36,38);1,5-7,12-15H,8-11H2,2-3H3,(H,23,24,25)/b9-7+;. The first-order chi connectivity index (χ1) is 33.6. The summed E-state index contributed by atoms with van der Waals surface area (Å²) in [6.45, 7) is 4.90. The molecule has 0 saturated carbocycles. The summed E-state index contributed by atoms with van der Waals surface area (Å²) in [4.78, 5) is 32.0. The van der Waals surface area contributed by atoms with E-state index in [0.29, 0.717) is 107 Å². The van der Waals surface area contributed by atoms with E-state index in [1.54, 1.807) is 56.8 Å². The van der Waals surface area contributed by atoms with E-state index in [1.165, 1.54) is 18.6 Å². The van der Waals surface area contributed by atoms with E-state index < -0.39 is 0 Å². The van der Waals surface area contributed by atoms with Crippen LogP contribution in [0.3, 0.4) is 0 Å². The lowest BCUT2D eigenvalue weighted by Gasteiger charge is -2.16. The molecule has 3 heterocycles. The number of methoxy groups -OCH3 is 2. The number of carbonyl (C=O) groups is 1. The van der Waals surface area contributed by atoms with Crippen molar-refractivity contribution >= 4 is 67.9 Å². The van der Waals surface area contributed by atoms with Crippen molar-refractivity contribution in [2.24, 2.45) is 0 Å². The van der Waals surface area contributed by atoms with Crippen molar-refractivity contribution in [2.75, 3.05) is 83.8 Å². The second kappa shape index (κ2) is 25.8. The van der Waals surface area contributed by atoms with Crippen molar-refractivity contribution in [3.8, 4) is 41.4 Å². The monoisotopic (exact) mass is 949 g/mol. The number of fused-ring (bicyclic) bond motifs is 2. The van der Waals surface area contributed by atoms with Gasteiger partial charge in [0.15, 0.2) is 11.5 Å². The number of pyridine rings is 2. The lowest BCUT2D eigenvalue weighted by Crippen LogP contribution is -2.13. The largest absolute Gasteiger partial charge is 0.492 e. The number of amides is 1. The summed E-state index contributed by atoms with van der Waals surface area (Å²) in [5.41, 5.74) is 5.67. The van der Waals surface area contributed by atoms with Crippen LogP contribution in [0.2, 0.25) is 5.02 Å². The highest BCUT2D eigenvalue weighted by atomic mass is 35.5. The number of halogens is 1. The number of rotatable bonds is 21. The third-order valence-corrected chi connectivity index (χ3v) is 10.1. The van der Waals surface area contributed by atoms with E-state index in [4.69, 9.17) is 46.4 Å². The minimum absolute atomic E-state index is 0.280. The first kappa shape index (κ1) is 50.4. The van der Waals surface area contributed by atoms with Crippen LogP contribution in [0.15, 0.2) is 116 Å². The normalized spacial score (nSPS) is 10.8. The molecule has 0 aliphatic rings. The van der Waals surface area contributed by atoms with Crippen LogP contribution in [-0.2, 0) is 20.9 Å². The number of hydrogen-bond acceptors (Lipinski definition) is 15. The molecule has 0 radical (unpaired) electrons. The lowest BCUT2D eigenvalue weighted by molar-refractivity contribution is -0.111. The Bertz CT molecular complexity index is 2960. The van der Waals surface area contributed by atoms with Crippen molar-refractivity contribution in [1.29, 1.82) is 5.26 Å². The highest BCUT2D eigenvalue weighted by Crippen LogP contribution is 2.38. The molecule has 7 rings (SSSR count). The number of nitrogens with zero attached hydrogens (tertiary/aromatic N) is 6. The zero-order valence-electron chi connectivity index (χ0n) is 38.9. The van der Waals surface area contributed by atoms with Crippen molar-refractivity contribution < 1.29 is 33.2 Å². The van der Waals surface area contributed by atoms with Crippen molar-refractivity contribution in [3.63, 3.8) is 0 Å². The number of nitrogens with one attached hydrogen (secondary N) is 3. The Labute approximate surface area is 406 Å². The summed E-state index contributed by atoms with van der Waals surface area (Å²) < 4.78 is 33.4. The van der Waals surface area contributed by atoms with Gasteiger partial charge in [-0.3, -0.25) is 14.8 Å². The smallest absolute Gasteiger partial charge is 0.248 e. The molecule has 0 spiro atoms. The van der Waals surface area contributed by atoms with Gasteiger partial charge in [0.25, 0.3) is 0 Å². The topological polar surface area (TPSA) is 187 Å². The van der Waals surface area contributed by atoms with Gasteiger partial charge in [0.05, 0.1) is 58.5 Å². The molecular formula is C52H52ClN9O7. The second-order valence-electron chi connectivity index (χ2n) is 15.1. The Morgan fingerprint density at radius 3 is 2.23 bits per heavy atom. The van der Waals surface area contributed by atoms with E-state index in [-0.39, 0.29) is 12.5 Å². The van der Waals surface area contributed by atoms with Crippen molar-refractivity contribution in [1.82, 2.24) is 24.8 Å². The third-order valence-electron chi connectivity index (χ3n) is 9.77. The molecule has 7 aromatic rings. The highest BCUT2D eigenvalue weighted by Gasteiger charge is 2.17. The zero-order valence-corrected chi connectivity index (χ0v) is 39.7. The summed E-state index contributed by atoms with van der Waals surface area (Å²) in [5.74, 6) is 5.13. The van der Waals surface area contributed by atoms with Crippen LogP contribution in [0.5, 0.6) is 23.0 Å². The molecule has 0 unspecified atom stereocenters. The molecule has 16 nitrogen and oxygen atoms in total. The fourth-order valence-electron chi connectivity index (χ4n) is 6.51. The van der Waals surface area contributed by atoms with Gasteiger partial charge < -0.3 is 49.3 Å².